The van der Waals surface area contributed by atoms with Crippen molar-refractivity contribution >= 4 is 22.1 Å². The normalized spacial score (nSPS) is 14.3. The highest BCUT2D eigenvalue weighted by atomic mass is 15.0. The van der Waals surface area contributed by atoms with Crippen molar-refractivity contribution in [1.29, 1.82) is 0 Å². The predicted octanol–water partition coefficient (Wildman–Crippen LogP) is 6.49. The molecule has 2 nitrogen and oxygen atoms in total. The van der Waals surface area contributed by atoms with Crippen molar-refractivity contribution in [3.05, 3.63) is 127 Å². The standard InChI is InChI=1S/C28H21N2/c1-6-17-30(18-7-1)28-24-13-5-4-12-23(24)26-19-21(15-16-25(26)28)29-27-14-8-10-20-9-2-3-11-22(20)27/h1-19,28-29H/q+1. The second-order valence-corrected chi connectivity index (χ2v) is 7.77. The molecule has 1 aromatic heterocycles. The summed E-state index contributed by atoms with van der Waals surface area (Å²) < 4.78 is 2.29. The number of aromatic nitrogens is 1. The quantitative estimate of drug-likeness (QED) is 0.344. The lowest BCUT2D eigenvalue weighted by molar-refractivity contribution is -0.704. The molecule has 1 unspecified atom stereocenters. The van der Waals surface area contributed by atoms with Crippen molar-refractivity contribution in [2.75, 3.05) is 5.32 Å². The summed E-state index contributed by atoms with van der Waals surface area (Å²) in [6, 6.07) is 36.9. The fourth-order valence-corrected chi connectivity index (χ4v) is 4.65. The molecule has 0 spiro atoms. The van der Waals surface area contributed by atoms with Crippen LogP contribution in [0.2, 0.25) is 0 Å². The molecule has 1 atom stereocenters. The molecule has 142 valence electrons. The highest BCUT2D eigenvalue weighted by molar-refractivity contribution is 5.95. The van der Waals surface area contributed by atoms with Gasteiger partial charge in [0.2, 0.25) is 6.04 Å². The molecule has 1 aliphatic carbocycles. The zero-order valence-corrected chi connectivity index (χ0v) is 16.5. The van der Waals surface area contributed by atoms with Gasteiger partial charge in [-0.2, -0.15) is 4.57 Å². The summed E-state index contributed by atoms with van der Waals surface area (Å²) in [5.74, 6) is 0. The largest absolute Gasteiger partial charge is 0.355 e. The molecule has 5 aromatic rings. The van der Waals surface area contributed by atoms with E-state index in [-0.39, 0.29) is 6.04 Å². The van der Waals surface area contributed by atoms with Crippen LogP contribution in [-0.2, 0) is 0 Å². The van der Waals surface area contributed by atoms with Crippen LogP contribution in [0.25, 0.3) is 21.9 Å². The van der Waals surface area contributed by atoms with E-state index in [2.05, 4.69) is 125 Å². The number of benzene rings is 4. The Balaban J connectivity index is 1.46. The fraction of sp³-hybridized carbons (Fsp3) is 0.0357. The Morgan fingerprint density at radius 3 is 2.30 bits per heavy atom. The van der Waals surface area contributed by atoms with E-state index >= 15 is 0 Å². The van der Waals surface area contributed by atoms with Crippen LogP contribution in [0.4, 0.5) is 11.4 Å². The highest BCUT2D eigenvalue weighted by Crippen LogP contribution is 2.44. The predicted molar refractivity (Wildman–Crippen MR) is 123 cm³/mol. The maximum absolute atomic E-state index is 3.66. The lowest BCUT2D eigenvalue weighted by Gasteiger charge is -2.12. The molecule has 1 heterocycles. The van der Waals surface area contributed by atoms with Gasteiger partial charge in [0.15, 0.2) is 12.4 Å². The monoisotopic (exact) mass is 385 g/mol. The molecule has 0 amide bonds. The Hall–Kier alpha value is -3.91. The Morgan fingerprint density at radius 2 is 1.37 bits per heavy atom. The third-order valence-electron chi connectivity index (χ3n) is 6.00. The van der Waals surface area contributed by atoms with Crippen LogP contribution in [0.15, 0.2) is 116 Å². The molecule has 0 radical (unpaired) electrons. The lowest BCUT2D eigenvalue weighted by atomic mass is 10.0. The van der Waals surface area contributed by atoms with Gasteiger partial charge in [0.1, 0.15) is 0 Å². The van der Waals surface area contributed by atoms with E-state index in [9.17, 15) is 0 Å². The van der Waals surface area contributed by atoms with Crippen molar-refractivity contribution < 1.29 is 4.57 Å². The number of hydrogen-bond acceptors (Lipinski definition) is 1. The van der Waals surface area contributed by atoms with Gasteiger partial charge in [-0.1, -0.05) is 66.7 Å². The van der Waals surface area contributed by atoms with E-state index in [1.807, 2.05) is 0 Å². The summed E-state index contributed by atoms with van der Waals surface area (Å²) in [5, 5.41) is 6.14. The van der Waals surface area contributed by atoms with E-state index < -0.39 is 0 Å². The van der Waals surface area contributed by atoms with Gasteiger partial charge in [-0.05, 0) is 40.8 Å². The molecule has 1 aliphatic rings. The minimum absolute atomic E-state index is 0.212. The van der Waals surface area contributed by atoms with Crippen LogP contribution in [0.5, 0.6) is 0 Å². The average Bonchev–Trinajstić information content (AvgIpc) is 3.14. The Morgan fingerprint density at radius 1 is 0.600 bits per heavy atom. The number of nitrogens with zero attached hydrogens (tertiary/aromatic N) is 1. The fourth-order valence-electron chi connectivity index (χ4n) is 4.65. The van der Waals surface area contributed by atoms with Gasteiger partial charge in [0.05, 0.1) is 0 Å². The minimum atomic E-state index is 0.212. The Kier molecular flexibility index (Phi) is 3.88. The molecule has 0 saturated carbocycles. The van der Waals surface area contributed by atoms with E-state index in [1.165, 1.54) is 33.0 Å². The molecule has 0 aliphatic heterocycles. The van der Waals surface area contributed by atoms with Crippen molar-refractivity contribution in [3.63, 3.8) is 0 Å². The first-order chi connectivity index (χ1) is 14.9. The van der Waals surface area contributed by atoms with Gasteiger partial charge in [0.25, 0.3) is 0 Å². The second-order valence-electron chi connectivity index (χ2n) is 7.77. The zero-order valence-electron chi connectivity index (χ0n) is 16.5. The van der Waals surface area contributed by atoms with Crippen LogP contribution in [-0.4, -0.2) is 0 Å². The average molecular weight is 385 g/mol. The smallest absolute Gasteiger partial charge is 0.210 e. The molecule has 0 bridgehead atoms. The molecule has 1 N–H and O–H groups in total. The van der Waals surface area contributed by atoms with Crippen LogP contribution in [0.1, 0.15) is 17.2 Å². The van der Waals surface area contributed by atoms with Crippen LogP contribution >= 0.6 is 0 Å². The number of fused-ring (bicyclic) bond motifs is 4. The zero-order chi connectivity index (χ0) is 19.9. The topological polar surface area (TPSA) is 15.9 Å². The third kappa shape index (κ3) is 2.69. The summed E-state index contributed by atoms with van der Waals surface area (Å²) in [6.07, 6.45) is 4.30. The lowest BCUT2D eigenvalue weighted by Crippen LogP contribution is -2.38. The number of rotatable bonds is 3. The van der Waals surface area contributed by atoms with E-state index in [0.29, 0.717) is 0 Å². The van der Waals surface area contributed by atoms with Gasteiger partial charge in [-0.3, -0.25) is 0 Å². The van der Waals surface area contributed by atoms with E-state index in [1.54, 1.807) is 0 Å². The van der Waals surface area contributed by atoms with Gasteiger partial charge in [-0.25, -0.2) is 0 Å². The molecule has 6 rings (SSSR count). The first-order valence-electron chi connectivity index (χ1n) is 10.3. The summed E-state index contributed by atoms with van der Waals surface area (Å²) in [6.45, 7) is 0. The van der Waals surface area contributed by atoms with E-state index in [4.69, 9.17) is 0 Å². The number of anilines is 2. The molecule has 30 heavy (non-hydrogen) atoms. The Labute approximate surface area is 176 Å². The van der Waals surface area contributed by atoms with Crippen LogP contribution in [0, 0.1) is 0 Å². The van der Waals surface area contributed by atoms with Crippen molar-refractivity contribution in [2.45, 2.75) is 6.04 Å². The van der Waals surface area contributed by atoms with E-state index in [0.717, 1.165) is 11.4 Å². The Bertz CT molecular complexity index is 1370. The summed E-state index contributed by atoms with van der Waals surface area (Å²) in [4.78, 5) is 0. The molecule has 4 aromatic carbocycles. The third-order valence-corrected chi connectivity index (χ3v) is 6.00. The van der Waals surface area contributed by atoms with Crippen LogP contribution in [0.3, 0.4) is 0 Å². The summed E-state index contributed by atoms with van der Waals surface area (Å²) >= 11 is 0. The first-order valence-corrected chi connectivity index (χ1v) is 10.3. The molecular formula is C28H21N2+. The maximum atomic E-state index is 3.66. The number of nitrogens with one attached hydrogen (secondary N) is 1. The minimum Gasteiger partial charge on any atom is -0.355 e. The summed E-state index contributed by atoms with van der Waals surface area (Å²) in [5.41, 5.74) is 7.56. The van der Waals surface area contributed by atoms with Crippen molar-refractivity contribution in [2.24, 2.45) is 0 Å². The first kappa shape index (κ1) is 17.0. The molecular weight excluding hydrogens is 364 g/mol. The molecule has 0 fully saturated rings. The van der Waals surface area contributed by atoms with Crippen LogP contribution < -0.4 is 9.88 Å². The van der Waals surface area contributed by atoms with Crippen molar-refractivity contribution in [1.82, 2.24) is 0 Å². The molecule has 2 heteroatoms. The maximum Gasteiger partial charge on any atom is 0.210 e. The van der Waals surface area contributed by atoms with Gasteiger partial charge in [0, 0.05) is 40.0 Å². The molecule has 0 saturated heterocycles. The SMILES string of the molecule is c1cc[n+](C2c3ccccc3-c3cc(Nc4cccc5ccccc45)ccc32)cc1. The number of pyridine rings is 1. The second kappa shape index (κ2) is 6.85. The highest BCUT2D eigenvalue weighted by Gasteiger charge is 2.35. The summed E-state index contributed by atoms with van der Waals surface area (Å²) in [7, 11) is 0. The van der Waals surface area contributed by atoms with Gasteiger partial charge in [-0.15, -0.1) is 0 Å². The van der Waals surface area contributed by atoms with Gasteiger partial charge >= 0.3 is 0 Å². The van der Waals surface area contributed by atoms with Gasteiger partial charge < -0.3 is 5.32 Å². The number of hydrogen-bond donors (Lipinski definition) is 1. The van der Waals surface area contributed by atoms with Crippen molar-refractivity contribution in [3.8, 4) is 11.1 Å².